The van der Waals surface area contributed by atoms with E-state index in [9.17, 15) is 18.8 Å². The first-order valence-corrected chi connectivity index (χ1v) is 10.7. The maximum Gasteiger partial charge on any atom is 0.333 e. The van der Waals surface area contributed by atoms with Crippen LogP contribution < -0.4 is 16.6 Å². The molecule has 0 radical (unpaired) electrons. The Kier molecular flexibility index (Phi) is 4.98. The first-order chi connectivity index (χ1) is 15.5. The predicted octanol–water partition coefficient (Wildman–Crippen LogP) is 2.89. The van der Waals surface area contributed by atoms with Gasteiger partial charge in [0.2, 0.25) is 0 Å². The molecule has 4 aromatic rings. The Hall–Kier alpha value is -3.92. The number of aromatic nitrogens is 4. The number of hydrogen-bond acceptors (Lipinski definition) is 5. The molecule has 1 aliphatic heterocycles. The summed E-state index contributed by atoms with van der Waals surface area (Å²) in [6.07, 6.45) is 3.01. The second-order valence-corrected chi connectivity index (χ2v) is 8.14. The fourth-order valence-electron chi connectivity index (χ4n) is 3.50. The topological polar surface area (TPSA) is 102 Å². The average Bonchev–Trinajstić information content (AvgIpc) is 3.38. The molecule has 0 aliphatic carbocycles. The summed E-state index contributed by atoms with van der Waals surface area (Å²) in [5.41, 5.74) is 0.263. The highest BCUT2D eigenvalue weighted by Crippen LogP contribution is 2.32. The maximum atomic E-state index is 13.2. The number of para-hydroxylation sites is 1. The summed E-state index contributed by atoms with van der Waals surface area (Å²) in [6, 6.07) is 12.0. The number of halogens is 1. The third kappa shape index (κ3) is 3.54. The van der Waals surface area contributed by atoms with E-state index in [1.54, 1.807) is 23.9 Å². The van der Waals surface area contributed by atoms with Crippen LogP contribution in [0.4, 0.5) is 10.1 Å². The summed E-state index contributed by atoms with van der Waals surface area (Å²) in [4.78, 5) is 45.2. The minimum Gasteiger partial charge on any atom is -0.325 e. The molecular weight excluding hydrogens is 433 g/mol. The lowest BCUT2D eigenvalue weighted by Gasteiger charge is -2.11. The Labute approximate surface area is 184 Å². The van der Waals surface area contributed by atoms with E-state index >= 15 is 0 Å². The molecule has 0 saturated carbocycles. The molecule has 0 bridgehead atoms. The van der Waals surface area contributed by atoms with Crippen LogP contribution in [0.2, 0.25) is 0 Å². The lowest BCUT2D eigenvalue weighted by atomic mass is 10.1. The zero-order chi connectivity index (χ0) is 22.2. The van der Waals surface area contributed by atoms with E-state index in [0.717, 1.165) is 40.4 Å². The molecule has 0 spiro atoms. The van der Waals surface area contributed by atoms with E-state index in [-0.39, 0.29) is 11.3 Å². The number of carbonyl (C=O) groups excluding carboxylic acids is 1. The monoisotopic (exact) mass is 449 g/mol. The van der Waals surface area contributed by atoms with Crippen LogP contribution >= 0.6 is 11.8 Å². The molecule has 3 heterocycles. The van der Waals surface area contributed by atoms with E-state index in [1.807, 2.05) is 18.3 Å². The number of aromatic amines is 1. The van der Waals surface area contributed by atoms with Crippen molar-refractivity contribution in [3.05, 3.63) is 93.1 Å². The van der Waals surface area contributed by atoms with Crippen molar-refractivity contribution in [2.75, 3.05) is 11.1 Å². The van der Waals surface area contributed by atoms with Crippen LogP contribution in [0, 0.1) is 5.82 Å². The van der Waals surface area contributed by atoms with Gasteiger partial charge < -0.3 is 14.9 Å². The molecule has 1 amide bonds. The molecule has 1 aliphatic rings. The predicted molar refractivity (Wildman–Crippen MR) is 119 cm³/mol. The van der Waals surface area contributed by atoms with Gasteiger partial charge in [-0.1, -0.05) is 30.0 Å². The molecule has 2 aromatic carbocycles. The first-order valence-electron chi connectivity index (χ1n) is 9.72. The van der Waals surface area contributed by atoms with Gasteiger partial charge in [-0.3, -0.25) is 9.59 Å². The van der Waals surface area contributed by atoms with Gasteiger partial charge >= 0.3 is 5.69 Å². The summed E-state index contributed by atoms with van der Waals surface area (Å²) in [7, 11) is 0. The van der Waals surface area contributed by atoms with Crippen molar-refractivity contribution in [2.45, 2.75) is 11.7 Å². The standard InChI is InChI=1S/C22H16FN5O3S/c23-13-5-7-14(8-6-13)28-20(30)16(11-24-21(28)31)19(29)25-17-4-2-1-3-15(17)18-12-27-9-10-32-22(27)26-18/h1-8,11-12H,9-10H2,(H,24,31)(H,25,29). The fraction of sp³-hybridized carbons (Fsp3) is 0.0909. The molecule has 0 saturated heterocycles. The highest BCUT2D eigenvalue weighted by atomic mass is 32.2. The van der Waals surface area contributed by atoms with Gasteiger partial charge in [0.25, 0.3) is 11.5 Å². The van der Waals surface area contributed by atoms with Gasteiger partial charge in [0.1, 0.15) is 11.4 Å². The van der Waals surface area contributed by atoms with Crippen molar-refractivity contribution in [1.82, 2.24) is 19.1 Å². The Morgan fingerprint density at radius 1 is 1.12 bits per heavy atom. The third-order valence-corrected chi connectivity index (χ3v) is 6.03. The number of nitrogens with zero attached hydrogens (tertiary/aromatic N) is 3. The van der Waals surface area contributed by atoms with Crippen molar-refractivity contribution >= 4 is 23.4 Å². The number of fused-ring (bicyclic) bond motifs is 1. The highest BCUT2D eigenvalue weighted by Gasteiger charge is 2.20. The second kappa shape index (κ2) is 7.97. The Balaban J connectivity index is 1.50. The molecule has 160 valence electrons. The lowest BCUT2D eigenvalue weighted by molar-refractivity contribution is 0.102. The molecule has 0 unspecified atom stereocenters. The molecule has 5 rings (SSSR count). The Morgan fingerprint density at radius 3 is 2.69 bits per heavy atom. The molecule has 8 nitrogen and oxygen atoms in total. The number of hydrogen-bond donors (Lipinski definition) is 2. The zero-order valence-corrected chi connectivity index (χ0v) is 17.4. The number of thioether (sulfide) groups is 1. The number of aryl methyl sites for hydroxylation is 1. The molecule has 10 heteroatoms. The number of nitrogens with one attached hydrogen (secondary N) is 2. The van der Waals surface area contributed by atoms with Crippen molar-refractivity contribution in [2.24, 2.45) is 0 Å². The van der Waals surface area contributed by atoms with Crippen LogP contribution in [0.1, 0.15) is 10.4 Å². The van der Waals surface area contributed by atoms with Crippen LogP contribution in [0.25, 0.3) is 16.9 Å². The number of amides is 1. The van der Waals surface area contributed by atoms with E-state index in [4.69, 9.17) is 0 Å². The van der Waals surface area contributed by atoms with E-state index in [0.29, 0.717) is 16.9 Å². The minimum atomic E-state index is -0.812. The van der Waals surface area contributed by atoms with Gasteiger partial charge in [0.15, 0.2) is 5.16 Å². The Morgan fingerprint density at radius 2 is 1.91 bits per heavy atom. The molecule has 32 heavy (non-hydrogen) atoms. The summed E-state index contributed by atoms with van der Waals surface area (Å²) in [5.74, 6) is -0.212. The third-order valence-electron chi connectivity index (χ3n) is 5.06. The summed E-state index contributed by atoms with van der Waals surface area (Å²) in [6.45, 7) is 0.877. The van der Waals surface area contributed by atoms with Crippen molar-refractivity contribution in [3.8, 4) is 16.9 Å². The van der Waals surface area contributed by atoms with Gasteiger partial charge in [-0.05, 0) is 30.3 Å². The minimum absolute atomic E-state index is 0.151. The lowest BCUT2D eigenvalue weighted by Crippen LogP contribution is -2.38. The quantitative estimate of drug-likeness (QED) is 0.499. The van der Waals surface area contributed by atoms with Gasteiger partial charge in [-0.25, -0.2) is 18.7 Å². The molecule has 2 N–H and O–H groups in total. The molecule has 0 fully saturated rings. The normalized spacial score (nSPS) is 12.5. The van der Waals surface area contributed by atoms with Crippen LogP contribution in [-0.2, 0) is 6.54 Å². The maximum absolute atomic E-state index is 13.2. The summed E-state index contributed by atoms with van der Waals surface area (Å²) in [5, 5.41) is 3.67. The number of anilines is 1. The van der Waals surface area contributed by atoms with Crippen LogP contribution in [0.15, 0.2) is 75.7 Å². The van der Waals surface area contributed by atoms with Crippen LogP contribution in [0.3, 0.4) is 0 Å². The summed E-state index contributed by atoms with van der Waals surface area (Å²) < 4.78 is 16.1. The fourth-order valence-corrected chi connectivity index (χ4v) is 4.45. The number of carbonyl (C=O) groups is 1. The smallest absolute Gasteiger partial charge is 0.325 e. The number of rotatable bonds is 4. The van der Waals surface area contributed by atoms with Gasteiger partial charge in [0.05, 0.1) is 17.1 Å². The first kappa shape index (κ1) is 20.0. The Bertz CT molecular complexity index is 1430. The zero-order valence-electron chi connectivity index (χ0n) is 16.5. The van der Waals surface area contributed by atoms with Gasteiger partial charge in [0, 0.05) is 30.3 Å². The van der Waals surface area contributed by atoms with Crippen molar-refractivity contribution < 1.29 is 9.18 Å². The number of imidazole rings is 1. The molecule has 2 aromatic heterocycles. The van der Waals surface area contributed by atoms with E-state index < -0.39 is 23.0 Å². The molecular formula is C22H16FN5O3S. The van der Waals surface area contributed by atoms with E-state index in [1.165, 1.54) is 12.1 Å². The molecule has 0 atom stereocenters. The number of H-pyrrole nitrogens is 1. The van der Waals surface area contributed by atoms with E-state index in [2.05, 4.69) is 19.9 Å². The average molecular weight is 449 g/mol. The highest BCUT2D eigenvalue weighted by molar-refractivity contribution is 7.99. The largest absolute Gasteiger partial charge is 0.333 e. The second-order valence-electron chi connectivity index (χ2n) is 7.07. The van der Waals surface area contributed by atoms with Crippen molar-refractivity contribution in [3.63, 3.8) is 0 Å². The van der Waals surface area contributed by atoms with Crippen molar-refractivity contribution in [1.29, 1.82) is 0 Å². The SMILES string of the molecule is O=C(Nc1ccccc1-c1cn2c(n1)SCC2)c1c[nH]c(=O)n(-c2ccc(F)cc2)c1=O. The van der Waals surface area contributed by atoms with Crippen LogP contribution in [0.5, 0.6) is 0 Å². The summed E-state index contributed by atoms with van der Waals surface area (Å²) >= 11 is 1.67. The number of benzene rings is 2. The van der Waals surface area contributed by atoms with Crippen LogP contribution in [-0.4, -0.2) is 30.8 Å². The van der Waals surface area contributed by atoms with Gasteiger partial charge in [-0.2, -0.15) is 0 Å². The van der Waals surface area contributed by atoms with Gasteiger partial charge in [-0.15, -0.1) is 0 Å².